The summed E-state index contributed by atoms with van der Waals surface area (Å²) in [4.78, 5) is 0. The molecule has 0 amide bonds. The van der Waals surface area contributed by atoms with Gasteiger partial charge >= 0.3 is 0 Å². The summed E-state index contributed by atoms with van der Waals surface area (Å²) in [7, 11) is 0. The first-order chi connectivity index (χ1) is 7.44. The first kappa shape index (κ1) is 13.8. The third-order valence-electron chi connectivity index (χ3n) is 2.43. The van der Waals surface area contributed by atoms with Crippen LogP contribution in [-0.2, 0) is 6.54 Å². The monoisotopic (exact) mass is 261 g/mol. The Morgan fingerprint density at radius 2 is 2.12 bits per heavy atom. The van der Waals surface area contributed by atoms with E-state index in [1.54, 1.807) is 23.9 Å². The second-order valence-corrected chi connectivity index (χ2v) is 6.25. The van der Waals surface area contributed by atoms with Crippen molar-refractivity contribution < 1.29 is 4.39 Å². The molecule has 0 heterocycles. The fraction of sp³-hybridized carbons (Fsp3) is 0.500. The van der Waals surface area contributed by atoms with Gasteiger partial charge in [-0.1, -0.05) is 11.6 Å². The fourth-order valence-electron chi connectivity index (χ4n) is 1.25. The molecule has 16 heavy (non-hydrogen) atoms. The Morgan fingerprint density at radius 1 is 1.44 bits per heavy atom. The minimum atomic E-state index is -0.209. The van der Waals surface area contributed by atoms with Crippen LogP contribution < -0.4 is 5.32 Å². The SMILES string of the molecule is CSC(C)(C)CNCc1cc(Cl)ccc1F. The maximum Gasteiger partial charge on any atom is 0.127 e. The van der Waals surface area contributed by atoms with E-state index in [2.05, 4.69) is 25.4 Å². The third-order valence-corrected chi connectivity index (χ3v) is 3.91. The first-order valence-electron chi connectivity index (χ1n) is 5.14. The summed E-state index contributed by atoms with van der Waals surface area (Å²) in [5, 5.41) is 3.81. The second kappa shape index (κ2) is 5.89. The van der Waals surface area contributed by atoms with Crippen LogP contribution in [0.4, 0.5) is 4.39 Å². The average molecular weight is 262 g/mol. The number of halogens is 2. The number of benzene rings is 1. The fourth-order valence-corrected chi connectivity index (χ4v) is 1.69. The molecule has 1 aromatic rings. The van der Waals surface area contributed by atoms with Gasteiger partial charge in [0, 0.05) is 28.4 Å². The molecule has 0 aromatic heterocycles. The van der Waals surface area contributed by atoms with Crippen molar-refractivity contribution in [2.24, 2.45) is 0 Å². The molecule has 1 rings (SSSR count). The highest BCUT2D eigenvalue weighted by Gasteiger charge is 2.15. The number of hydrogen-bond acceptors (Lipinski definition) is 2. The van der Waals surface area contributed by atoms with E-state index in [0.29, 0.717) is 17.1 Å². The molecule has 0 saturated heterocycles. The lowest BCUT2D eigenvalue weighted by atomic mass is 10.2. The van der Waals surface area contributed by atoms with Crippen LogP contribution in [0.15, 0.2) is 18.2 Å². The number of rotatable bonds is 5. The minimum absolute atomic E-state index is 0.162. The Bertz CT molecular complexity index is 355. The Labute approximate surface area is 106 Å². The van der Waals surface area contributed by atoms with E-state index < -0.39 is 0 Å². The van der Waals surface area contributed by atoms with Crippen LogP contribution in [0.5, 0.6) is 0 Å². The largest absolute Gasteiger partial charge is 0.311 e. The van der Waals surface area contributed by atoms with E-state index in [9.17, 15) is 4.39 Å². The molecule has 1 N–H and O–H groups in total. The van der Waals surface area contributed by atoms with Crippen molar-refractivity contribution in [2.45, 2.75) is 25.1 Å². The predicted octanol–water partition coefficient (Wildman–Crippen LogP) is 3.71. The van der Waals surface area contributed by atoms with Crippen molar-refractivity contribution in [2.75, 3.05) is 12.8 Å². The van der Waals surface area contributed by atoms with Gasteiger partial charge in [0.25, 0.3) is 0 Å². The van der Waals surface area contributed by atoms with Crippen molar-refractivity contribution in [3.63, 3.8) is 0 Å². The van der Waals surface area contributed by atoms with Gasteiger partial charge in [-0.3, -0.25) is 0 Å². The molecule has 0 radical (unpaired) electrons. The van der Waals surface area contributed by atoms with Crippen molar-refractivity contribution in [3.8, 4) is 0 Å². The van der Waals surface area contributed by atoms with Crippen molar-refractivity contribution in [3.05, 3.63) is 34.6 Å². The average Bonchev–Trinajstić information content (AvgIpc) is 2.23. The van der Waals surface area contributed by atoms with E-state index in [4.69, 9.17) is 11.6 Å². The first-order valence-corrected chi connectivity index (χ1v) is 6.75. The smallest absolute Gasteiger partial charge is 0.127 e. The maximum atomic E-state index is 13.4. The van der Waals surface area contributed by atoms with Crippen molar-refractivity contribution >= 4 is 23.4 Å². The summed E-state index contributed by atoms with van der Waals surface area (Å²) < 4.78 is 13.5. The second-order valence-electron chi connectivity index (χ2n) is 4.30. The van der Waals surface area contributed by atoms with Crippen LogP contribution in [0.2, 0.25) is 5.02 Å². The normalized spacial score (nSPS) is 11.8. The summed E-state index contributed by atoms with van der Waals surface area (Å²) >= 11 is 7.60. The highest BCUT2D eigenvalue weighted by atomic mass is 35.5. The summed E-state index contributed by atoms with van der Waals surface area (Å²) in [5.41, 5.74) is 0.615. The zero-order valence-corrected chi connectivity index (χ0v) is 11.4. The van der Waals surface area contributed by atoms with E-state index in [-0.39, 0.29) is 10.6 Å². The Hall–Kier alpha value is -0.250. The quantitative estimate of drug-likeness (QED) is 0.867. The van der Waals surface area contributed by atoms with E-state index in [0.717, 1.165) is 6.54 Å². The van der Waals surface area contributed by atoms with Crippen LogP contribution in [0.1, 0.15) is 19.4 Å². The summed E-state index contributed by atoms with van der Waals surface area (Å²) in [5.74, 6) is -0.209. The number of nitrogens with one attached hydrogen (secondary N) is 1. The molecule has 0 atom stereocenters. The summed E-state index contributed by atoms with van der Waals surface area (Å²) in [6.45, 7) is 5.65. The van der Waals surface area contributed by atoms with Gasteiger partial charge in [-0.25, -0.2) is 4.39 Å². The van der Waals surface area contributed by atoms with Gasteiger partial charge in [0.15, 0.2) is 0 Å². The molecule has 0 aliphatic carbocycles. The molecule has 0 saturated carbocycles. The molecule has 0 unspecified atom stereocenters. The lowest BCUT2D eigenvalue weighted by Crippen LogP contribution is -2.31. The van der Waals surface area contributed by atoms with Crippen molar-refractivity contribution in [1.82, 2.24) is 5.32 Å². The molecule has 0 fully saturated rings. The highest BCUT2D eigenvalue weighted by Crippen LogP contribution is 2.20. The molecule has 0 aliphatic rings. The molecule has 0 spiro atoms. The van der Waals surface area contributed by atoms with Crippen LogP contribution in [-0.4, -0.2) is 17.5 Å². The topological polar surface area (TPSA) is 12.0 Å². The molecule has 1 nitrogen and oxygen atoms in total. The standard InChI is InChI=1S/C12H17ClFNS/c1-12(2,16-3)8-15-7-9-6-10(13)4-5-11(9)14/h4-6,15H,7-8H2,1-3H3. The van der Waals surface area contributed by atoms with Gasteiger partial charge in [-0.2, -0.15) is 11.8 Å². The van der Waals surface area contributed by atoms with E-state index in [1.807, 2.05) is 0 Å². The van der Waals surface area contributed by atoms with Gasteiger partial charge in [0.1, 0.15) is 5.82 Å². The van der Waals surface area contributed by atoms with E-state index >= 15 is 0 Å². The Kier molecular flexibility index (Phi) is 5.09. The lowest BCUT2D eigenvalue weighted by molar-refractivity contribution is 0.559. The zero-order valence-electron chi connectivity index (χ0n) is 9.81. The molecular formula is C12H17ClFNS. The summed E-state index contributed by atoms with van der Waals surface area (Å²) in [6, 6.07) is 4.63. The van der Waals surface area contributed by atoms with Gasteiger partial charge in [-0.15, -0.1) is 0 Å². The molecule has 4 heteroatoms. The minimum Gasteiger partial charge on any atom is -0.311 e. The molecule has 0 aliphatic heterocycles. The van der Waals surface area contributed by atoms with Crippen LogP contribution in [0.25, 0.3) is 0 Å². The summed E-state index contributed by atoms with van der Waals surface area (Å²) in [6.07, 6.45) is 2.07. The van der Waals surface area contributed by atoms with Crippen LogP contribution in [0.3, 0.4) is 0 Å². The van der Waals surface area contributed by atoms with E-state index in [1.165, 1.54) is 6.07 Å². The lowest BCUT2D eigenvalue weighted by Gasteiger charge is -2.22. The maximum absolute atomic E-state index is 13.4. The zero-order chi connectivity index (χ0) is 12.2. The van der Waals surface area contributed by atoms with Crippen molar-refractivity contribution in [1.29, 1.82) is 0 Å². The molecular weight excluding hydrogens is 245 g/mol. The Balaban J connectivity index is 2.52. The van der Waals surface area contributed by atoms with Crippen LogP contribution in [0, 0.1) is 5.82 Å². The predicted molar refractivity (Wildman–Crippen MR) is 70.7 cm³/mol. The van der Waals surface area contributed by atoms with Gasteiger partial charge in [0.05, 0.1) is 0 Å². The highest BCUT2D eigenvalue weighted by molar-refractivity contribution is 7.99. The molecule has 0 bridgehead atoms. The third kappa shape index (κ3) is 4.32. The Morgan fingerprint density at radius 3 is 2.75 bits per heavy atom. The van der Waals surface area contributed by atoms with Gasteiger partial charge in [-0.05, 0) is 38.3 Å². The van der Waals surface area contributed by atoms with Crippen LogP contribution >= 0.6 is 23.4 Å². The van der Waals surface area contributed by atoms with Gasteiger partial charge < -0.3 is 5.32 Å². The number of hydrogen-bond donors (Lipinski definition) is 1. The van der Waals surface area contributed by atoms with Gasteiger partial charge in [0.2, 0.25) is 0 Å². The molecule has 1 aromatic carbocycles. The molecule has 90 valence electrons. The number of thioether (sulfide) groups is 1.